The van der Waals surface area contributed by atoms with Crippen molar-refractivity contribution in [3.8, 4) is 45.0 Å². The summed E-state index contributed by atoms with van der Waals surface area (Å²) >= 11 is 0. The molecule has 276 valence electrons. The zero-order chi connectivity index (χ0) is 39.8. The van der Waals surface area contributed by atoms with Gasteiger partial charge in [0.2, 0.25) is 11.6 Å². The maximum absolute atomic E-state index is 13.7. The summed E-state index contributed by atoms with van der Waals surface area (Å²) in [6, 6.07) is 39.1. The quantitative estimate of drug-likeness (QED) is 0.0964. The Morgan fingerprint density at radius 3 is 1.44 bits per heavy atom. The van der Waals surface area contributed by atoms with Crippen LogP contribution in [0.25, 0.3) is 88.4 Å². The Balaban J connectivity index is 0.000000135. The predicted molar refractivity (Wildman–Crippen MR) is 225 cm³/mol. The molecule has 0 spiro atoms. The van der Waals surface area contributed by atoms with E-state index in [4.69, 9.17) is 4.98 Å². The van der Waals surface area contributed by atoms with Gasteiger partial charge < -0.3 is 0 Å². The highest BCUT2D eigenvalue weighted by Crippen LogP contribution is 2.44. The van der Waals surface area contributed by atoms with E-state index in [9.17, 15) is 19.7 Å². The lowest BCUT2D eigenvalue weighted by molar-refractivity contribution is -0.384. The molecule has 4 aromatic carbocycles. The largest absolute Gasteiger partial charge is 0.287 e. The van der Waals surface area contributed by atoms with Crippen LogP contribution in [0, 0.1) is 10.1 Å². The summed E-state index contributed by atoms with van der Waals surface area (Å²) in [5.74, 6) is -0.411. The molecule has 0 radical (unpaired) electrons. The molecule has 0 amide bonds. The minimum atomic E-state index is -0.450. The molecule has 6 aromatic heterocycles. The van der Waals surface area contributed by atoms with E-state index in [0.29, 0.717) is 50.4 Å². The first-order chi connectivity index (χ1) is 29.0. The van der Waals surface area contributed by atoms with E-state index in [1.165, 1.54) is 6.07 Å². The van der Waals surface area contributed by atoms with Gasteiger partial charge in [-0.15, -0.1) is 0 Å². The number of nitro benzene ring substituents is 1. The third-order valence-corrected chi connectivity index (χ3v) is 10.9. The van der Waals surface area contributed by atoms with Crippen LogP contribution in [0.15, 0.2) is 152 Å². The first kappa shape index (κ1) is 33.9. The van der Waals surface area contributed by atoms with Gasteiger partial charge in [0.05, 0.1) is 44.0 Å². The molecule has 0 N–H and O–H groups in total. The van der Waals surface area contributed by atoms with Crippen molar-refractivity contribution in [1.82, 2.24) is 29.9 Å². The maximum Gasteiger partial charge on any atom is 0.277 e. The Kier molecular flexibility index (Phi) is 7.50. The highest BCUT2D eigenvalue weighted by Gasteiger charge is 2.34. The summed E-state index contributed by atoms with van der Waals surface area (Å²) < 4.78 is 0. The number of hydrogen-bond donors (Lipinski definition) is 0. The number of carbonyl (C=O) groups excluding carboxylic acids is 2. The molecule has 10 aromatic rings. The van der Waals surface area contributed by atoms with E-state index in [1.54, 1.807) is 49.1 Å². The first-order valence-corrected chi connectivity index (χ1v) is 18.7. The summed E-state index contributed by atoms with van der Waals surface area (Å²) in [5, 5.41) is 16.9. The van der Waals surface area contributed by atoms with Gasteiger partial charge in [-0.25, -0.2) is 9.97 Å². The molecule has 11 heteroatoms. The van der Waals surface area contributed by atoms with E-state index in [-0.39, 0.29) is 28.5 Å². The molecular weight excluding hydrogens is 739 g/mol. The Bertz CT molecular complexity index is 3480. The van der Waals surface area contributed by atoms with Crippen molar-refractivity contribution in [3.05, 3.63) is 185 Å². The smallest absolute Gasteiger partial charge is 0.277 e. The average Bonchev–Trinajstić information content (AvgIpc) is 3.29. The van der Waals surface area contributed by atoms with Crippen LogP contribution in [0.4, 0.5) is 5.69 Å². The van der Waals surface area contributed by atoms with Crippen molar-refractivity contribution in [1.29, 1.82) is 0 Å². The fraction of sp³-hybridized carbons (Fsp3) is 0. The summed E-state index contributed by atoms with van der Waals surface area (Å²) in [4.78, 5) is 66.0. The SMILES string of the molecule is O=C1c2c(-c3ccccc3)ccnc2-c2nccc3c2c1nc1ccccc13.O=C1c2c(-c3ccccc3[N+](=O)[O-])ccnc2-c2nccc3c2c1nc1ccccc13. The highest BCUT2D eigenvalue weighted by molar-refractivity contribution is 6.30. The minimum Gasteiger partial charge on any atom is -0.287 e. The van der Waals surface area contributed by atoms with Gasteiger partial charge in [-0.05, 0) is 64.4 Å². The molecule has 6 heterocycles. The number of fused-ring (bicyclic) bond motifs is 8. The normalized spacial score (nSPS) is 12.3. The third-order valence-electron chi connectivity index (χ3n) is 10.9. The monoisotopic (exact) mass is 763 g/mol. The lowest BCUT2D eigenvalue weighted by atomic mass is 9.86. The molecule has 0 aliphatic heterocycles. The number of benzene rings is 4. The highest BCUT2D eigenvalue weighted by atomic mass is 16.6. The van der Waals surface area contributed by atoms with Gasteiger partial charge in [0.1, 0.15) is 22.8 Å². The van der Waals surface area contributed by atoms with Crippen LogP contribution in [0.1, 0.15) is 32.1 Å². The second kappa shape index (κ2) is 13.1. The summed E-state index contributed by atoms with van der Waals surface area (Å²) in [6.45, 7) is 0. The molecule has 11 nitrogen and oxygen atoms in total. The summed E-state index contributed by atoms with van der Waals surface area (Å²) in [6.07, 6.45) is 6.77. The van der Waals surface area contributed by atoms with Gasteiger partial charge in [0.25, 0.3) is 5.69 Å². The van der Waals surface area contributed by atoms with Crippen LogP contribution in [-0.2, 0) is 0 Å². The molecule has 0 saturated heterocycles. The molecular formula is C48H25N7O4. The zero-order valence-corrected chi connectivity index (χ0v) is 30.7. The molecule has 0 saturated carbocycles. The average molecular weight is 764 g/mol. The number of hydrogen-bond acceptors (Lipinski definition) is 10. The standard InChI is InChI=1S/C24H12N4O3.C24H13N3O/c29-24-20-16(14-6-2-4-8-18(14)28(30)31)10-12-26-22(20)21-19-15(9-11-25-21)13-5-1-3-7-17(13)27-23(19)24;28-24-20-15(14-6-2-1-3-7-14)10-12-26-22(20)21-19-17(11-13-25-21)16-8-4-5-9-18(16)27-23(19)24/h1-12H;1-13H. The van der Waals surface area contributed by atoms with Gasteiger partial charge in [-0.2, -0.15) is 0 Å². The number of nitro groups is 1. The van der Waals surface area contributed by atoms with Crippen LogP contribution >= 0.6 is 0 Å². The first-order valence-electron chi connectivity index (χ1n) is 18.7. The lowest BCUT2D eigenvalue weighted by Crippen LogP contribution is -2.16. The minimum absolute atomic E-state index is 0.0767. The van der Waals surface area contributed by atoms with Gasteiger partial charge >= 0.3 is 0 Å². The summed E-state index contributed by atoms with van der Waals surface area (Å²) in [7, 11) is 0. The number of para-hydroxylation sites is 3. The van der Waals surface area contributed by atoms with Crippen LogP contribution in [0.5, 0.6) is 0 Å². The van der Waals surface area contributed by atoms with Gasteiger partial charge in [-0.1, -0.05) is 78.9 Å². The van der Waals surface area contributed by atoms with Gasteiger partial charge in [0.15, 0.2) is 0 Å². The van der Waals surface area contributed by atoms with Crippen molar-refractivity contribution in [2.24, 2.45) is 0 Å². The predicted octanol–water partition coefficient (Wildman–Crippen LogP) is 10.0. The van der Waals surface area contributed by atoms with Crippen LogP contribution in [0.3, 0.4) is 0 Å². The van der Waals surface area contributed by atoms with E-state index in [0.717, 1.165) is 49.3 Å². The Morgan fingerprint density at radius 1 is 0.407 bits per heavy atom. The van der Waals surface area contributed by atoms with Crippen molar-refractivity contribution >= 4 is 60.6 Å². The molecule has 59 heavy (non-hydrogen) atoms. The second-order valence-electron chi connectivity index (χ2n) is 14.1. The van der Waals surface area contributed by atoms with Crippen LogP contribution in [-0.4, -0.2) is 46.4 Å². The Hall–Kier alpha value is -8.44. The van der Waals surface area contributed by atoms with E-state index in [2.05, 4.69) is 24.9 Å². The molecule has 2 aliphatic carbocycles. The van der Waals surface area contributed by atoms with Gasteiger partial charge in [-0.3, -0.25) is 39.6 Å². The van der Waals surface area contributed by atoms with Crippen LogP contribution in [0.2, 0.25) is 0 Å². The van der Waals surface area contributed by atoms with Crippen LogP contribution < -0.4 is 0 Å². The Labute approximate surface area is 333 Å². The van der Waals surface area contributed by atoms with Gasteiger partial charge in [0, 0.05) is 58.0 Å². The molecule has 2 aliphatic rings. The molecule has 0 bridgehead atoms. The topological polar surface area (TPSA) is 155 Å². The Morgan fingerprint density at radius 2 is 0.864 bits per heavy atom. The maximum atomic E-state index is 13.7. The van der Waals surface area contributed by atoms with E-state index in [1.807, 2.05) is 97.1 Å². The van der Waals surface area contributed by atoms with Crippen molar-refractivity contribution in [2.45, 2.75) is 0 Å². The number of aromatic nitrogens is 6. The summed E-state index contributed by atoms with van der Waals surface area (Å²) in [5.41, 5.74) is 7.99. The third kappa shape index (κ3) is 5.08. The van der Waals surface area contributed by atoms with Crippen molar-refractivity contribution < 1.29 is 14.5 Å². The number of nitrogens with zero attached hydrogens (tertiary/aromatic N) is 7. The fourth-order valence-corrected chi connectivity index (χ4v) is 8.41. The number of rotatable bonds is 3. The van der Waals surface area contributed by atoms with E-state index < -0.39 is 4.92 Å². The molecule has 12 rings (SSSR count). The molecule has 0 fully saturated rings. The van der Waals surface area contributed by atoms with Crippen molar-refractivity contribution in [2.75, 3.05) is 0 Å². The number of ketones is 2. The molecule has 0 atom stereocenters. The zero-order valence-electron chi connectivity index (χ0n) is 30.7. The van der Waals surface area contributed by atoms with E-state index >= 15 is 0 Å². The number of pyridine rings is 6. The fourth-order valence-electron chi connectivity index (χ4n) is 8.41. The molecule has 0 unspecified atom stereocenters. The lowest BCUT2D eigenvalue weighted by Gasteiger charge is -2.20. The second-order valence-corrected chi connectivity index (χ2v) is 14.1. The number of carbonyl (C=O) groups is 2. The van der Waals surface area contributed by atoms with Crippen molar-refractivity contribution in [3.63, 3.8) is 0 Å².